The minimum atomic E-state index is -0.124. The number of aryl methyl sites for hydroxylation is 1. The van der Waals surface area contributed by atoms with Gasteiger partial charge in [-0.05, 0) is 6.92 Å². The number of carbonyl (C=O) groups excluding carboxylic acids is 2. The van der Waals surface area contributed by atoms with Crippen molar-refractivity contribution >= 4 is 11.8 Å². The summed E-state index contributed by atoms with van der Waals surface area (Å²) in [5.74, 6) is 2.36. The highest BCUT2D eigenvalue weighted by atomic mass is 16.2. The highest BCUT2D eigenvalue weighted by molar-refractivity contribution is 5.79. The maximum Gasteiger partial charge on any atom is 0.278 e. The molecule has 1 heterocycles. The number of quaternary nitrogens is 2. The molecule has 0 aromatic heterocycles. The van der Waals surface area contributed by atoms with E-state index >= 15 is 0 Å². The van der Waals surface area contributed by atoms with E-state index in [9.17, 15) is 9.59 Å². The summed E-state index contributed by atoms with van der Waals surface area (Å²) in [6, 6.07) is 8.61. The fourth-order valence-electron chi connectivity index (χ4n) is 3.28. The first-order chi connectivity index (χ1) is 12.5. The minimum Gasteiger partial charge on any atom is -0.340 e. The zero-order valence-electron chi connectivity index (χ0n) is 15.8. The predicted molar refractivity (Wildman–Crippen MR) is 101 cm³/mol. The third-order valence-corrected chi connectivity index (χ3v) is 4.66. The number of hydrogen-bond donors (Lipinski definition) is 3. The maximum absolute atomic E-state index is 12.4. The van der Waals surface area contributed by atoms with Crippen molar-refractivity contribution in [3.63, 3.8) is 0 Å². The van der Waals surface area contributed by atoms with Gasteiger partial charge in [0.2, 0.25) is 0 Å². The second kappa shape index (κ2) is 9.95. The Morgan fingerprint density at radius 1 is 1.31 bits per heavy atom. The van der Waals surface area contributed by atoms with Crippen LogP contribution in [-0.2, 0) is 16.1 Å². The first-order valence-electron chi connectivity index (χ1n) is 9.16. The molecule has 6 nitrogen and oxygen atoms in total. The molecule has 1 saturated heterocycles. The Morgan fingerprint density at radius 3 is 2.69 bits per heavy atom. The van der Waals surface area contributed by atoms with E-state index in [0.717, 1.165) is 37.6 Å². The van der Waals surface area contributed by atoms with Crippen molar-refractivity contribution in [2.75, 3.05) is 52.9 Å². The van der Waals surface area contributed by atoms with Gasteiger partial charge in [0.05, 0.1) is 39.8 Å². The molecule has 2 rings (SSSR count). The minimum absolute atomic E-state index is 0.113. The summed E-state index contributed by atoms with van der Waals surface area (Å²) in [5.41, 5.74) is 2.63. The Labute approximate surface area is 156 Å². The third kappa shape index (κ3) is 6.51. The second-order valence-electron chi connectivity index (χ2n) is 7.09. The number of nitrogens with zero attached hydrogens (tertiary/aromatic N) is 1. The number of carbonyl (C=O) groups is 2. The standard InChI is InChI=1S/C20H28N4O2/c1-4-8-21-19(25)15-22(3)16-20(26)24-11-9-23(10-12-24)14-18-7-5-6-17(2)13-18/h1,5-7,13H,8-12,14-16H2,2-3H3,(H,21,25)/p+2. The Hall–Kier alpha value is -2.36. The molecular weight excluding hydrogens is 328 g/mol. The van der Waals surface area contributed by atoms with Gasteiger partial charge in [-0.15, -0.1) is 6.42 Å². The molecule has 1 aliphatic rings. The van der Waals surface area contributed by atoms with Crippen LogP contribution in [0.2, 0.25) is 0 Å². The lowest BCUT2D eigenvalue weighted by Crippen LogP contribution is -3.14. The normalized spacial score (nSPS) is 16.0. The maximum atomic E-state index is 12.4. The van der Waals surface area contributed by atoms with Gasteiger partial charge in [-0.1, -0.05) is 35.7 Å². The van der Waals surface area contributed by atoms with Gasteiger partial charge in [0.1, 0.15) is 6.54 Å². The molecule has 1 aromatic rings. The van der Waals surface area contributed by atoms with E-state index in [4.69, 9.17) is 6.42 Å². The lowest BCUT2D eigenvalue weighted by atomic mass is 10.1. The van der Waals surface area contributed by atoms with Crippen LogP contribution in [0.3, 0.4) is 0 Å². The molecule has 1 aliphatic heterocycles. The number of amides is 2. The average molecular weight is 358 g/mol. The van der Waals surface area contributed by atoms with Crippen molar-refractivity contribution < 1.29 is 19.4 Å². The summed E-state index contributed by atoms with van der Waals surface area (Å²) in [6.45, 7) is 7.40. The molecule has 3 N–H and O–H groups in total. The van der Waals surface area contributed by atoms with E-state index < -0.39 is 0 Å². The van der Waals surface area contributed by atoms with Crippen molar-refractivity contribution in [1.82, 2.24) is 10.2 Å². The summed E-state index contributed by atoms with van der Waals surface area (Å²) in [6.07, 6.45) is 5.12. The SMILES string of the molecule is C#CCNC(=O)C[NH+](C)CC(=O)N1CC[NH+](Cc2cccc(C)c2)CC1. The first-order valence-corrected chi connectivity index (χ1v) is 9.16. The third-order valence-electron chi connectivity index (χ3n) is 4.66. The molecule has 140 valence electrons. The molecule has 0 spiro atoms. The topological polar surface area (TPSA) is 58.3 Å². The number of nitrogens with one attached hydrogen (secondary N) is 3. The molecule has 0 radical (unpaired) electrons. The number of piperazine rings is 1. The van der Waals surface area contributed by atoms with Crippen LogP contribution < -0.4 is 15.1 Å². The Morgan fingerprint density at radius 2 is 2.04 bits per heavy atom. The predicted octanol–water partition coefficient (Wildman–Crippen LogP) is -2.51. The molecule has 1 aromatic carbocycles. The van der Waals surface area contributed by atoms with Gasteiger partial charge < -0.3 is 20.0 Å². The van der Waals surface area contributed by atoms with Gasteiger partial charge in [-0.25, -0.2) is 0 Å². The van der Waals surface area contributed by atoms with Crippen LogP contribution in [0, 0.1) is 19.3 Å². The number of rotatable bonds is 7. The number of hydrogen-bond acceptors (Lipinski definition) is 2. The zero-order chi connectivity index (χ0) is 18.9. The second-order valence-corrected chi connectivity index (χ2v) is 7.09. The summed E-state index contributed by atoms with van der Waals surface area (Å²) >= 11 is 0. The van der Waals surface area contributed by atoms with E-state index in [1.807, 2.05) is 11.9 Å². The summed E-state index contributed by atoms with van der Waals surface area (Å²) in [7, 11) is 1.85. The van der Waals surface area contributed by atoms with Gasteiger partial charge in [0, 0.05) is 5.56 Å². The van der Waals surface area contributed by atoms with E-state index in [2.05, 4.69) is 42.4 Å². The van der Waals surface area contributed by atoms with Crippen LogP contribution in [0.15, 0.2) is 24.3 Å². The highest BCUT2D eigenvalue weighted by Gasteiger charge is 2.26. The molecule has 1 atom stereocenters. The van der Waals surface area contributed by atoms with E-state index in [-0.39, 0.29) is 24.9 Å². The summed E-state index contributed by atoms with van der Waals surface area (Å²) < 4.78 is 0. The van der Waals surface area contributed by atoms with Crippen molar-refractivity contribution in [1.29, 1.82) is 0 Å². The lowest BCUT2D eigenvalue weighted by Gasteiger charge is -2.32. The smallest absolute Gasteiger partial charge is 0.278 e. The van der Waals surface area contributed by atoms with Crippen molar-refractivity contribution in [3.05, 3.63) is 35.4 Å². The number of terminal acetylenes is 1. The first kappa shape index (κ1) is 20.0. The van der Waals surface area contributed by atoms with Gasteiger partial charge in [-0.2, -0.15) is 0 Å². The van der Waals surface area contributed by atoms with Crippen LogP contribution in [0.1, 0.15) is 11.1 Å². The fourth-order valence-corrected chi connectivity index (χ4v) is 3.28. The van der Waals surface area contributed by atoms with Crippen molar-refractivity contribution in [2.24, 2.45) is 0 Å². The number of likely N-dealkylation sites (N-methyl/N-ethyl adjacent to an activating group) is 1. The van der Waals surface area contributed by atoms with Crippen LogP contribution in [0.4, 0.5) is 0 Å². The Bertz CT molecular complexity index is 660. The lowest BCUT2D eigenvalue weighted by molar-refractivity contribution is -0.917. The fraction of sp³-hybridized carbons (Fsp3) is 0.500. The van der Waals surface area contributed by atoms with Crippen LogP contribution in [0.5, 0.6) is 0 Å². The molecule has 6 heteroatoms. The van der Waals surface area contributed by atoms with Crippen molar-refractivity contribution in [3.8, 4) is 12.3 Å². The van der Waals surface area contributed by atoms with E-state index in [1.165, 1.54) is 16.0 Å². The Kier molecular flexibility index (Phi) is 7.64. The molecule has 1 unspecified atom stereocenters. The zero-order valence-corrected chi connectivity index (χ0v) is 15.8. The molecular formula is C20H30N4O2+2. The van der Waals surface area contributed by atoms with Crippen molar-refractivity contribution in [2.45, 2.75) is 13.5 Å². The number of benzene rings is 1. The van der Waals surface area contributed by atoms with Crippen LogP contribution >= 0.6 is 0 Å². The summed E-state index contributed by atoms with van der Waals surface area (Å²) in [4.78, 5) is 28.4. The van der Waals surface area contributed by atoms with Gasteiger partial charge in [0.25, 0.3) is 11.8 Å². The van der Waals surface area contributed by atoms with E-state index in [1.54, 1.807) is 0 Å². The molecule has 2 amide bonds. The summed E-state index contributed by atoms with van der Waals surface area (Å²) in [5, 5.41) is 2.62. The van der Waals surface area contributed by atoms with Crippen LogP contribution in [0.25, 0.3) is 0 Å². The molecule has 0 aliphatic carbocycles. The molecule has 1 fully saturated rings. The molecule has 0 saturated carbocycles. The van der Waals surface area contributed by atoms with Crippen LogP contribution in [-0.4, -0.2) is 69.6 Å². The Balaban J connectivity index is 1.72. The monoisotopic (exact) mass is 358 g/mol. The van der Waals surface area contributed by atoms with Gasteiger partial charge in [0.15, 0.2) is 13.1 Å². The van der Waals surface area contributed by atoms with Gasteiger partial charge >= 0.3 is 0 Å². The largest absolute Gasteiger partial charge is 0.340 e. The van der Waals surface area contributed by atoms with E-state index in [0.29, 0.717) is 6.54 Å². The average Bonchev–Trinajstić information content (AvgIpc) is 2.60. The quantitative estimate of drug-likeness (QED) is 0.472. The molecule has 26 heavy (non-hydrogen) atoms. The highest BCUT2D eigenvalue weighted by Crippen LogP contribution is 2.02. The van der Waals surface area contributed by atoms with Gasteiger partial charge in [-0.3, -0.25) is 9.59 Å². The molecule has 0 bridgehead atoms.